The van der Waals surface area contributed by atoms with Gasteiger partial charge in [-0.3, -0.25) is 4.79 Å². The summed E-state index contributed by atoms with van der Waals surface area (Å²) >= 11 is 9.25. The smallest absolute Gasteiger partial charge is 0.324 e. The van der Waals surface area contributed by atoms with E-state index in [1.807, 2.05) is 30.3 Å². The van der Waals surface area contributed by atoms with Crippen molar-refractivity contribution in [3.8, 4) is 5.75 Å². The van der Waals surface area contributed by atoms with E-state index in [2.05, 4.69) is 15.9 Å². The summed E-state index contributed by atoms with van der Waals surface area (Å²) in [6.45, 7) is 0.234. The maximum atomic E-state index is 12.1. The predicted molar refractivity (Wildman–Crippen MR) is 85.9 cm³/mol. The van der Waals surface area contributed by atoms with E-state index in [4.69, 9.17) is 21.1 Å². The number of esters is 1. The van der Waals surface area contributed by atoms with Crippen molar-refractivity contribution in [1.82, 2.24) is 0 Å². The first-order valence-corrected chi connectivity index (χ1v) is 7.59. The zero-order valence-corrected chi connectivity index (χ0v) is 13.7. The van der Waals surface area contributed by atoms with E-state index < -0.39 is 4.83 Å². The normalized spacial score (nSPS) is 11.8. The first-order chi connectivity index (χ1) is 10.1. The van der Waals surface area contributed by atoms with Crippen LogP contribution in [0.25, 0.3) is 0 Å². The van der Waals surface area contributed by atoms with E-state index in [1.165, 1.54) is 7.11 Å². The molecule has 5 heteroatoms. The number of benzene rings is 2. The van der Waals surface area contributed by atoms with E-state index in [0.29, 0.717) is 16.3 Å². The Morgan fingerprint density at radius 3 is 2.62 bits per heavy atom. The third-order valence-electron chi connectivity index (χ3n) is 2.90. The van der Waals surface area contributed by atoms with Crippen molar-refractivity contribution in [3.63, 3.8) is 0 Å². The van der Waals surface area contributed by atoms with Gasteiger partial charge in [-0.05, 0) is 17.7 Å². The number of halogens is 2. The van der Waals surface area contributed by atoms with Crippen LogP contribution in [0.2, 0.25) is 5.02 Å². The van der Waals surface area contributed by atoms with E-state index in [9.17, 15) is 4.79 Å². The van der Waals surface area contributed by atoms with Crippen LogP contribution in [0.5, 0.6) is 5.75 Å². The second kappa shape index (κ2) is 7.48. The lowest BCUT2D eigenvalue weighted by Gasteiger charge is -2.14. The average Bonchev–Trinajstić information content (AvgIpc) is 2.52. The summed E-state index contributed by atoms with van der Waals surface area (Å²) in [4.78, 5) is 11.5. The van der Waals surface area contributed by atoms with Crippen molar-refractivity contribution < 1.29 is 14.3 Å². The van der Waals surface area contributed by atoms with Crippen molar-refractivity contribution >= 4 is 33.5 Å². The highest BCUT2D eigenvalue weighted by Crippen LogP contribution is 2.34. The fraction of sp³-hybridized carbons (Fsp3) is 0.188. The summed E-state index contributed by atoms with van der Waals surface area (Å²) < 4.78 is 10.5. The Morgan fingerprint density at radius 1 is 1.24 bits per heavy atom. The van der Waals surface area contributed by atoms with Gasteiger partial charge in [0.2, 0.25) is 0 Å². The molecule has 0 aliphatic rings. The van der Waals surface area contributed by atoms with Crippen LogP contribution in [-0.2, 0) is 16.1 Å². The Kier molecular flexibility index (Phi) is 5.65. The Hall–Kier alpha value is -1.52. The molecule has 2 rings (SSSR count). The molecule has 0 saturated carbocycles. The van der Waals surface area contributed by atoms with Gasteiger partial charge in [0, 0.05) is 10.6 Å². The summed E-state index contributed by atoms with van der Waals surface area (Å²) in [6, 6.07) is 14.6. The molecule has 0 heterocycles. The van der Waals surface area contributed by atoms with Crippen LogP contribution in [0.4, 0.5) is 0 Å². The second-order valence-corrected chi connectivity index (χ2v) is 5.69. The minimum Gasteiger partial charge on any atom is -0.496 e. The van der Waals surface area contributed by atoms with Crippen molar-refractivity contribution in [2.75, 3.05) is 7.11 Å². The van der Waals surface area contributed by atoms with E-state index in [1.54, 1.807) is 18.2 Å². The highest BCUT2D eigenvalue weighted by molar-refractivity contribution is 9.09. The van der Waals surface area contributed by atoms with Crippen molar-refractivity contribution in [3.05, 3.63) is 64.7 Å². The number of ether oxygens (including phenoxy) is 2. The minimum atomic E-state index is -0.603. The molecule has 1 unspecified atom stereocenters. The van der Waals surface area contributed by atoms with Crippen molar-refractivity contribution in [2.45, 2.75) is 11.4 Å². The Morgan fingerprint density at radius 2 is 1.95 bits per heavy atom. The molecule has 0 aliphatic carbocycles. The van der Waals surface area contributed by atoms with Gasteiger partial charge in [0.1, 0.15) is 17.2 Å². The van der Waals surface area contributed by atoms with Gasteiger partial charge in [0.25, 0.3) is 0 Å². The molecule has 0 amide bonds. The zero-order valence-electron chi connectivity index (χ0n) is 11.4. The molecule has 0 aromatic heterocycles. The number of hydrogen-bond donors (Lipinski definition) is 0. The first kappa shape index (κ1) is 15.9. The zero-order chi connectivity index (χ0) is 15.2. The standard InChI is InChI=1S/C16H14BrClO3/c1-20-14-9-12(18)7-8-13(14)15(17)16(19)21-10-11-5-3-2-4-6-11/h2-9,15H,10H2,1H3. The summed E-state index contributed by atoms with van der Waals surface area (Å²) in [7, 11) is 1.53. The van der Waals surface area contributed by atoms with Crippen LogP contribution in [0.15, 0.2) is 48.5 Å². The van der Waals surface area contributed by atoms with Gasteiger partial charge in [0.05, 0.1) is 7.11 Å². The number of carbonyl (C=O) groups excluding carboxylic acids is 1. The maximum Gasteiger partial charge on any atom is 0.324 e. The molecule has 2 aromatic carbocycles. The van der Waals surface area contributed by atoms with Gasteiger partial charge >= 0.3 is 5.97 Å². The van der Waals surface area contributed by atoms with Crippen LogP contribution >= 0.6 is 27.5 Å². The maximum absolute atomic E-state index is 12.1. The number of hydrogen-bond acceptors (Lipinski definition) is 3. The van der Waals surface area contributed by atoms with Crippen LogP contribution in [0.3, 0.4) is 0 Å². The molecule has 21 heavy (non-hydrogen) atoms. The largest absolute Gasteiger partial charge is 0.496 e. The summed E-state index contributed by atoms with van der Waals surface area (Å²) in [5.74, 6) is 0.167. The van der Waals surface area contributed by atoms with Crippen LogP contribution < -0.4 is 4.74 Å². The predicted octanol–water partition coefficient (Wildman–Crippen LogP) is 4.53. The fourth-order valence-corrected chi connectivity index (χ4v) is 2.50. The topological polar surface area (TPSA) is 35.5 Å². The lowest BCUT2D eigenvalue weighted by Crippen LogP contribution is -2.12. The van der Waals surface area contributed by atoms with Crippen LogP contribution in [-0.4, -0.2) is 13.1 Å². The SMILES string of the molecule is COc1cc(Cl)ccc1C(Br)C(=O)OCc1ccccc1. The minimum absolute atomic E-state index is 0.234. The molecule has 0 fully saturated rings. The lowest BCUT2D eigenvalue weighted by molar-refractivity contribution is -0.144. The summed E-state index contributed by atoms with van der Waals surface area (Å²) in [5.41, 5.74) is 1.62. The number of alkyl halides is 1. The molecular formula is C16H14BrClO3. The molecular weight excluding hydrogens is 356 g/mol. The van der Waals surface area contributed by atoms with Crippen molar-refractivity contribution in [2.24, 2.45) is 0 Å². The molecule has 0 N–H and O–H groups in total. The molecule has 110 valence electrons. The van der Waals surface area contributed by atoms with Gasteiger partial charge in [-0.1, -0.05) is 63.9 Å². The Balaban J connectivity index is 2.05. The van der Waals surface area contributed by atoms with Gasteiger partial charge in [0.15, 0.2) is 0 Å². The van der Waals surface area contributed by atoms with E-state index in [-0.39, 0.29) is 12.6 Å². The average molecular weight is 370 g/mol. The first-order valence-electron chi connectivity index (χ1n) is 6.30. The highest BCUT2D eigenvalue weighted by Gasteiger charge is 2.22. The fourth-order valence-electron chi connectivity index (χ4n) is 1.82. The molecule has 1 atom stereocenters. The summed E-state index contributed by atoms with van der Waals surface area (Å²) in [5, 5.41) is 0.549. The van der Waals surface area contributed by atoms with Crippen LogP contribution in [0, 0.1) is 0 Å². The quantitative estimate of drug-likeness (QED) is 0.574. The molecule has 3 nitrogen and oxygen atoms in total. The molecule has 0 bridgehead atoms. The molecule has 2 aromatic rings. The number of methoxy groups -OCH3 is 1. The Bertz CT molecular complexity index is 616. The van der Waals surface area contributed by atoms with E-state index in [0.717, 1.165) is 5.56 Å². The molecule has 0 radical (unpaired) electrons. The van der Waals surface area contributed by atoms with Gasteiger partial charge in [-0.25, -0.2) is 0 Å². The third kappa shape index (κ3) is 4.22. The number of carbonyl (C=O) groups is 1. The number of rotatable bonds is 5. The molecule has 0 spiro atoms. The molecule has 0 aliphatic heterocycles. The second-order valence-electron chi connectivity index (χ2n) is 4.34. The van der Waals surface area contributed by atoms with Gasteiger partial charge in [-0.15, -0.1) is 0 Å². The Labute approximate surface area is 137 Å². The lowest BCUT2D eigenvalue weighted by atomic mass is 10.1. The highest BCUT2D eigenvalue weighted by atomic mass is 79.9. The van der Waals surface area contributed by atoms with Crippen molar-refractivity contribution in [1.29, 1.82) is 0 Å². The van der Waals surface area contributed by atoms with Gasteiger partial charge in [-0.2, -0.15) is 0 Å². The van der Waals surface area contributed by atoms with E-state index >= 15 is 0 Å². The third-order valence-corrected chi connectivity index (χ3v) is 4.00. The van der Waals surface area contributed by atoms with Gasteiger partial charge < -0.3 is 9.47 Å². The molecule has 0 saturated heterocycles. The monoisotopic (exact) mass is 368 g/mol. The summed E-state index contributed by atoms with van der Waals surface area (Å²) in [6.07, 6.45) is 0. The van der Waals surface area contributed by atoms with Crippen LogP contribution in [0.1, 0.15) is 16.0 Å².